The number of aromatic nitrogens is 2. The molecule has 2 aromatic carbocycles. The molecule has 0 saturated heterocycles. The summed E-state index contributed by atoms with van der Waals surface area (Å²) in [5.74, 6) is 0.891. The molecular weight excluding hydrogens is 432 g/mol. The average molecular weight is 464 g/mol. The maximum absolute atomic E-state index is 12.4. The second kappa shape index (κ2) is 10.8. The number of carbonyl (C=O) groups is 1. The quantitative estimate of drug-likeness (QED) is 0.218. The number of H-pyrrole nitrogens is 1. The molecule has 0 fully saturated rings. The molecule has 1 amide bonds. The SMILES string of the molecule is CC(C)COc1ccccc1-c1cc(-c2ccc(N)c(C(N)=[NH+]C(=O)CN(C)C)c2)nc(=O)[nH]1. The highest BCUT2D eigenvalue weighted by Gasteiger charge is 2.16. The minimum absolute atomic E-state index is 0.128. The number of anilines is 1. The first-order chi connectivity index (χ1) is 16.1. The third-order valence-electron chi connectivity index (χ3n) is 4.87. The van der Waals surface area contributed by atoms with Crippen LogP contribution in [0.4, 0.5) is 5.69 Å². The van der Waals surface area contributed by atoms with E-state index in [0.29, 0.717) is 46.5 Å². The second-order valence-electron chi connectivity index (χ2n) is 8.69. The van der Waals surface area contributed by atoms with Crippen LogP contribution >= 0.6 is 0 Å². The summed E-state index contributed by atoms with van der Waals surface area (Å²) in [6.07, 6.45) is 0. The Bertz CT molecular complexity index is 1260. The Labute approximate surface area is 198 Å². The Balaban J connectivity index is 2.02. The zero-order valence-corrected chi connectivity index (χ0v) is 19.9. The van der Waals surface area contributed by atoms with Crippen LogP contribution in [0.15, 0.2) is 53.3 Å². The summed E-state index contributed by atoms with van der Waals surface area (Å²) >= 11 is 0. The number of ether oxygens (including phenoxy) is 1. The predicted octanol–water partition coefficient (Wildman–Crippen LogP) is 0.595. The molecule has 34 heavy (non-hydrogen) atoms. The summed E-state index contributed by atoms with van der Waals surface area (Å²) in [6, 6.07) is 14.4. The normalized spacial score (nSPS) is 11.8. The fourth-order valence-electron chi connectivity index (χ4n) is 3.32. The third kappa shape index (κ3) is 6.29. The molecule has 3 aromatic rings. The van der Waals surface area contributed by atoms with E-state index in [-0.39, 0.29) is 18.3 Å². The molecule has 0 unspecified atom stereocenters. The van der Waals surface area contributed by atoms with Gasteiger partial charge in [-0.05, 0) is 50.3 Å². The van der Waals surface area contributed by atoms with Gasteiger partial charge in [0.1, 0.15) is 12.3 Å². The molecule has 0 aliphatic carbocycles. The van der Waals surface area contributed by atoms with Crippen molar-refractivity contribution in [3.05, 3.63) is 64.6 Å². The summed E-state index contributed by atoms with van der Waals surface area (Å²) in [5, 5.41) is 0. The number of nitrogens with two attached hydrogens (primary N) is 2. The highest BCUT2D eigenvalue weighted by atomic mass is 16.5. The van der Waals surface area contributed by atoms with Crippen LogP contribution in [-0.2, 0) is 4.79 Å². The summed E-state index contributed by atoms with van der Waals surface area (Å²) in [7, 11) is 3.57. The van der Waals surface area contributed by atoms with Crippen LogP contribution in [0.25, 0.3) is 22.5 Å². The second-order valence-corrected chi connectivity index (χ2v) is 8.69. The van der Waals surface area contributed by atoms with Crippen LogP contribution in [0, 0.1) is 5.92 Å². The van der Waals surface area contributed by atoms with Crippen molar-refractivity contribution in [1.82, 2.24) is 14.9 Å². The number of aromatic amines is 1. The Morgan fingerprint density at radius 3 is 2.62 bits per heavy atom. The Morgan fingerprint density at radius 1 is 1.18 bits per heavy atom. The number of benzene rings is 2. The lowest BCUT2D eigenvalue weighted by Gasteiger charge is -2.13. The Morgan fingerprint density at radius 2 is 1.91 bits per heavy atom. The lowest BCUT2D eigenvalue weighted by atomic mass is 10.0. The smallest absolute Gasteiger partial charge is 0.345 e. The minimum atomic E-state index is -0.499. The molecule has 6 N–H and O–H groups in total. The van der Waals surface area contributed by atoms with E-state index >= 15 is 0 Å². The molecule has 0 aliphatic rings. The first-order valence-electron chi connectivity index (χ1n) is 10.9. The van der Waals surface area contributed by atoms with Crippen molar-refractivity contribution in [3.63, 3.8) is 0 Å². The van der Waals surface area contributed by atoms with Gasteiger partial charge in [0.15, 0.2) is 0 Å². The van der Waals surface area contributed by atoms with E-state index < -0.39 is 5.69 Å². The number of carbonyl (C=O) groups excluding carboxylic acids is 1. The molecule has 3 rings (SSSR count). The highest BCUT2D eigenvalue weighted by molar-refractivity contribution is 6.01. The molecule has 178 valence electrons. The molecule has 0 saturated carbocycles. The van der Waals surface area contributed by atoms with Gasteiger partial charge in [0.05, 0.1) is 23.6 Å². The Kier molecular flexibility index (Phi) is 7.80. The van der Waals surface area contributed by atoms with E-state index in [0.717, 1.165) is 5.56 Å². The van der Waals surface area contributed by atoms with E-state index in [1.807, 2.05) is 24.3 Å². The summed E-state index contributed by atoms with van der Waals surface area (Å²) in [4.78, 5) is 35.9. The van der Waals surface area contributed by atoms with E-state index in [1.54, 1.807) is 43.3 Å². The standard InChI is InChI=1S/C25H30N6O3/c1-15(2)14-34-22-8-6-5-7-17(22)21-12-20(28-25(33)29-21)16-9-10-19(26)18(11-16)24(27)30-23(32)13-31(3)4/h5-12,15H,13-14,26H2,1-4H3,(H2,27,30,32)(H,28,29,33)/p+1. The molecule has 0 atom stereocenters. The molecule has 0 bridgehead atoms. The van der Waals surface area contributed by atoms with Gasteiger partial charge in [-0.15, -0.1) is 0 Å². The Hall–Kier alpha value is -3.98. The third-order valence-corrected chi connectivity index (χ3v) is 4.87. The van der Waals surface area contributed by atoms with Crippen LogP contribution < -0.4 is 26.9 Å². The number of nitrogens with zero attached hydrogens (tertiary/aromatic N) is 2. The van der Waals surface area contributed by atoms with Gasteiger partial charge in [-0.2, -0.15) is 4.98 Å². The van der Waals surface area contributed by atoms with Crippen molar-refractivity contribution in [2.75, 3.05) is 33.0 Å². The number of amides is 1. The van der Waals surface area contributed by atoms with Crippen molar-refractivity contribution in [3.8, 4) is 28.3 Å². The van der Waals surface area contributed by atoms with E-state index in [4.69, 9.17) is 16.2 Å². The molecule has 0 radical (unpaired) electrons. The van der Waals surface area contributed by atoms with Crippen molar-refractivity contribution < 1.29 is 14.5 Å². The average Bonchev–Trinajstić information content (AvgIpc) is 2.77. The maximum Gasteiger partial charge on any atom is 0.345 e. The number of rotatable bonds is 8. The van der Waals surface area contributed by atoms with Gasteiger partial charge >= 0.3 is 11.6 Å². The zero-order chi connectivity index (χ0) is 24.8. The topological polar surface area (TPSA) is 141 Å². The molecule has 0 aliphatic heterocycles. The van der Waals surface area contributed by atoms with Gasteiger partial charge in [-0.3, -0.25) is 10.6 Å². The number of likely N-dealkylation sites (N-methyl/N-ethyl adjacent to an activating group) is 1. The van der Waals surface area contributed by atoms with Crippen LogP contribution in [0.1, 0.15) is 19.4 Å². The fourth-order valence-corrected chi connectivity index (χ4v) is 3.32. The van der Waals surface area contributed by atoms with Gasteiger partial charge in [-0.25, -0.2) is 14.6 Å². The number of para-hydroxylation sites is 1. The first kappa shape index (κ1) is 24.7. The van der Waals surface area contributed by atoms with Crippen LogP contribution in [0.2, 0.25) is 0 Å². The number of nitrogens with one attached hydrogen (secondary N) is 2. The van der Waals surface area contributed by atoms with E-state index in [9.17, 15) is 9.59 Å². The maximum atomic E-state index is 12.4. The number of hydrogen-bond acceptors (Lipinski definition) is 6. The summed E-state index contributed by atoms with van der Waals surface area (Å²) < 4.78 is 5.95. The summed E-state index contributed by atoms with van der Waals surface area (Å²) in [6.45, 7) is 4.87. The van der Waals surface area contributed by atoms with Crippen molar-refractivity contribution >= 4 is 17.4 Å². The number of nitrogen functional groups attached to an aromatic ring is 2. The lowest BCUT2D eigenvalue weighted by molar-refractivity contribution is -0.378. The van der Waals surface area contributed by atoms with Crippen LogP contribution in [0.5, 0.6) is 5.75 Å². The molecule has 1 aromatic heterocycles. The van der Waals surface area contributed by atoms with E-state index in [2.05, 4.69) is 28.8 Å². The van der Waals surface area contributed by atoms with Gasteiger partial charge in [-0.1, -0.05) is 32.0 Å². The van der Waals surface area contributed by atoms with Crippen molar-refractivity contribution in [1.29, 1.82) is 0 Å². The van der Waals surface area contributed by atoms with Crippen molar-refractivity contribution in [2.45, 2.75) is 13.8 Å². The van der Waals surface area contributed by atoms with Crippen LogP contribution in [0.3, 0.4) is 0 Å². The van der Waals surface area contributed by atoms with Gasteiger partial charge in [0.25, 0.3) is 5.84 Å². The minimum Gasteiger partial charge on any atom is -0.493 e. The van der Waals surface area contributed by atoms with Gasteiger partial charge in [0.2, 0.25) is 0 Å². The predicted molar refractivity (Wildman–Crippen MR) is 133 cm³/mol. The van der Waals surface area contributed by atoms with Crippen molar-refractivity contribution in [2.24, 2.45) is 11.7 Å². The highest BCUT2D eigenvalue weighted by Crippen LogP contribution is 2.30. The van der Waals surface area contributed by atoms with Gasteiger partial charge < -0.3 is 15.5 Å². The molecule has 9 heteroatoms. The largest absolute Gasteiger partial charge is 0.493 e. The number of hydrogen-bond donors (Lipinski definition) is 4. The molecule has 9 nitrogen and oxygen atoms in total. The number of amidine groups is 1. The van der Waals surface area contributed by atoms with E-state index in [1.165, 1.54) is 0 Å². The molecule has 1 heterocycles. The fraction of sp³-hybridized carbons (Fsp3) is 0.280. The van der Waals surface area contributed by atoms with Gasteiger partial charge in [0, 0.05) is 16.8 Å². The zero-order valence-electron chi connectivity index (χ0n) is 19.9. The monoisotopic (exact) mass is 463 g/mol. The molecule has 0 spiro atoms. The van der Waals surface area contributed by atoms with Crippen LogP contribution in [-0.4, -0.2) is 53.9 Å². The lowest BCUT2D eigenvalue weighted by Crippen LogP contribution is -2.81. The molecular formula is C25H31N6O3+. The first-order valence-corrected chi connectivity index (χ1v) is 10.9. The summed E-state index contributed by atoms with van der Waals surface area (Å²) in [5.41, 5.74) is 15.0.